The van der Waals surface area contributed by atoms with Crippen LogP contribution in [0.1, 0.15) is 11.5 Å². The lowest BCUT2D eigenvalue weighted by Crippen LogP contribution is -2.15. The van der Waals surface area contributed by atoms with Gasteiger partial charge in [-0.15, -0.1) is 11.8 Å². The topological polar surface area (TPSA) is 57.6 Å². The zero-order valence-corrected chi connectivity index (χ0v) is 11.2. The smallest absolute Gasteiger partial charge is 0.162 e. The summed E-state index contributed by atoms with van der Waals surface area (Å²) in [6.45, 7) is 1.67. The molecule has 0 fully saturated rings. The van der Waals surface area contributed by atoms with E-state index in [-0.39, 0.29) is 0 Å². The molecule has 100 valence electrons. The number of rotatable bonds is 4. The molecule has 5 heteroatoms. The molecule has 0 unspecified atom stereocenters. The number of hydrogen-bond donors (Lipinski definition) is 1. The average Bonchev–Trinajstić information content (AvgIpc) is 2.93. The summed E-state index contributed by atoms with van der Waals surface area (Å²) in [6.07, 6.45) is 0. The Morgan fingerprint density at radius 1 is 1.00 bits per heavy atom. The summed E-state index contributed by atoms with van der Waals surface area (Å²) in [5.74, 6) is 4.16. The van der Waals surface area contributed by atoms with Crippen LogP contribution in [0.5, 0.6) is 11.5 Å². The summed E-state index contributed by atoms with van der Waals surface area (Å²) in [5, 5.41) is 0. The average molecular weight is 277 g/mol. The molecule has 2 heterocycles. The van der Waals surface area contributed by atoms with Crippen LogP contribution in [-0.4, -0.2) is 13.2 Å². The first kappa shape index (κ1) is 12.4. The lowest BCUT2D eigenvalue weighted by Gasteiger charge is -2.18. The van der Waals surface area contributed by atoms with Gasteiger partial charge in [-0.25, -0.2) is 0 Å². The van der Waals surface area contributed by atoms with Gasteiger partial charge < -0.3 is 19.6 Å². The molecular weight excluding hydrogens is 262 g/mol. The van der Waals surface area contributed by atoms with E-state index in [0.717, 1.165) is 33.7 Å². The Balaban J connectivity index is 1.66. The van der Waals surface area contributed by atoms with Gasteiger partial charge in [0.05, 0.1) is 12.3 Å². The maximum atomic E-state index is 5.57. The van der Waals surface area contributed by atoms with Crippen LogP contribution in [-0.2, 0) is 12.3 Å². The second kappa shape index (κ2) is 5.59. The third kappa shape index (κ3) is 2.88. The Morgan fingerprint density at radius 2 is 1.79 bits per heavy atom. The minimum Gasteiger partial charge on any atom is -0.486 e. The van der Waals surface area contributed by atoms with Gasteiger partial charge in [-0.05, 0) is 30.3 Å². The molecule has 0 bridgehead atoms. The number of fused-ring (bicyclic) bond motifs is 1. The van der Waals surface area contributed by atoms with Crippen LogP contribution in [0.15, 0.2) is 39.6 Å². The van der Waals surface area contributed by atoms with Crippen molar-refractivity contribution in [2.24, 2.45) is 5.73 Å². The summed E-state index contributed by atoms with van der Waals surface area (Å²) in [4.78, 5) is 1.13. The van der Waals surface area contributed by atoms with Crippen LogP contribution in [0, 0.1) is 0 Å². The van der Waals surface area contributed by atoms with E-state index in [1.807, 2.05) is 30.3 Å². The molecule has 1 aliphatic rings. The maximum absolute atomic E-state index is 5.57. The van der Waals surface area contributed by atoms with Crippen molar-refractivity contribution in [1.29, 1.82) is 0 Å². The van der Waals surface area contributed by atoms with Gasteiger partial charge in [0.25, 0.3) is 0 Å². The van der Waals surface area contributed by atoms with Crippen LogP contribution in [0.3, 0.4) is 0 Å². The van der Waals surface area contributed by atoms with Crippen LogP contribution in [0.4, 0.5) is 0 Å². The number of hydrogen-bond acceptors (Lipinski definition) is 5. The summed E-state index contributed by atoms with van der Waals surface area (Å²) >= 11 is 1.70. The molecule has 0 atom stereocenters. The normalized spacial score (nSPS) is 13.5. The van der Waals surface area contributed by atoms with Crippen LogP contribution >= 0.6 is 11.8 Å². The highest BCUT2D eigenvalue weighted by atomic mass is 32.2. The minimum absolute atomic E-state index is 0.439. The molecule has 3 rings (SSSR count). The van der Waals surface area contributed by atoms with E-state index >= 15 is 0 Å². The van der Waals surface area contributed by atoms with Gasteiger partial charge in [-0.2, -0.15) is 0 Å². The minimum atomic E-state index is 0.439. The van der Waals surface area contributed by atoms with E-state index in [4.69, 9.17) is 19.6 Å². The number of thioether (sulfide) groups is 1. The van der Waals surface area contributed by atoms with Crippen molar-refractivity contribution >= 4 is 11.8 Å². The molecule has 2 aromatic rings. The Morgan fingerprint density at radius 3 is 2.58 bits per heavy atom. The summed E-state index contributed by atoms with van der Waals surface area (Å²) < 4.78 is 16.6. The molecule has 0 aliphatic carbocycles. The Kier molecular flexibility index (Phi) is 3.66. The van der Waals surface area contributed by atoms with Gasteiger partial charge in [0, 0.05) is 4.90 Å². The SMILES string of the molecule is NCc1ccc(CSc2ccc3c(c2)OCCO3)o1. The van der Waals surface area contributed by atoms with Crippen LogP contribution in [0.25, 0.3) is 0 Å². The highest BCUT2D eigenvalue weighted by Gasteiger charge is 2.12. The van der Waals surface area contributed by atoms with E-state index < -0.39 is 0 Å². The maximum Gasteiger partial charge on any atom is 0.162 e. The van der Waals surface area contributed by atoms with Gasteiger partial charge in [0.2, 0.25) is 0 Å². The largest absolute Gasteiger partial charge is 0.486 e. The standard InChI is InChI=1S/C14H15NO3S/c15-8-10-1-2-11(18-10)9-19-12-3-4-13-14(7-12)17-6-5-16-13/h1-4,7H,5-6,8-9,15H2. The summed E-state index contributed by atoms with van der Waals surface area (Å²) in [7, 11) is 0. The fourth-order valence-corrected chi connectivity index (χ4v) is 2.70. The van der Waals surface area contributed by atoms with Crippen molar-refractivity contribution in [3.05, 3.63) is 41.9 Å². The number of ether oxygens (including phenoxy) is 2. The molecule has 1 aromatic heterocycles. The van der Waals surface area contributed by atoms with Gasteiger partial charge >= 0.3 is 0 Å². The highest BCUT2D eigenvalue weighted by molar-refractivity contribution is 7.98. The fraction of sp³-hybridized carbons (Fsp3) is 0.286. The quantitative estimate of drug-likeness (QED) is 0.871. The van der Waals surface area contributed by atoms with Crippen LogP contribution < -0.4 is 15.2 Å². The van der Waals surface area contributed by atoms with Crippen molar-refractivity contribution in [2.45, 2.75) is 17.2 Å². The summed E-state index contributed by atoms with van der Waals surface area (Å²) in [6, 6.07) is 9.87. The fourth-order valence-electron chi connectivity index (χ4n) is 1.88. The first-order chi connectivity index (χ1) is 9.35. The van der Waals surface area contributed by atoms with Gasteiger partial charge in [0.1, 0.15) is 24.7 Å². The Labute approximate surface area is 115 Å². The third-order valence-corrected chi connectivity index (χ3v) is 3.83. The third-order valence-electron chi connectivity index (χ3n) is 2.81. The predicted molar refractivity (Wildman–Crippen MR) is 73.6 cm³/mol. The zero-order valence-electron chi connectivity index (χ0n) is 10.4. The monoisotopic (exact) mass is 277 g/mol. The highest BCUT2D eigenvalue weighted by Crippen LogP contribution is 2.35. The van der Waals surface area contributed by atoms with E-state index in [1.165, 1.54) is 0 Å². The van der Waals surface area contributed by atoms with Gasteiger partial charge in [0.15, 0.2) is 11.5 Å². The molecule has 0 spiro atoms. The molecule has 2 N–H and O–H groups in total. The first-order valence-electron chi connectivity index (χ1n) is 6.15. The molecular formula is C14H15NO3S. The number of nitrogens with two attached hydrogens (primary N) is 1. The molecule has 1 aliphatic heterocycles. The first-order valence-corrected chi connectivity index (χ1v) is 7.14. The van der Waals surface area contributed by atoms with E-state index in [0.29, 0.717) is 19.8 Å². The van der Waals surface area contributed by atoms with E-state index in [2.05, 4.69) is 0 Å². The Bertz CT molecular complexity index is 568. The van der Waals surface area contributed by atoms with Crippen LogP contribution in [0.2, 0.25) is 0 Å². The second-order valence-corrected chi connectivity index (χ2v) is 5.22. The van der Waals surface area contributed by atoms with Gasteiger partial charge in [-0.3, -0.25) is 0 Å². The lowest BCUT2D eigenvalue weighted by molar-refractivity contribution is 0.171. The van der Waals surface area contributed by atoms with E-state index in [9.17, 15) is 0 Å². The van der Waals surface area contributed by atoms with Crippen molar-refractivity contribution in [2.75, 3.05) is 13.2 Å². The number of benzene rings is 1. The zero-order chi connectivity index (χ0) is 13.1. The van der Waals surface area contributed by atoms with Crippen molar-refractivity contribution < 1.29 is 13.9 Å². The van der Waals surface area contributed by atoms with Crippen molar-refractivity contribution in [3.8, 4) is 11.5 Å². The van der Waals surface area contributed by atoms with Gasteiger partial charge in [-0.1, -0.05) is 0 Å². The van der Waals surface area contributed by atoms with Crippen molar-refractivity contribution in [3.63, 3.8) is 0 Å². The lowest BCUT2D eigenvalue weighted by atomic mass is 10.3. The predicted octanol–water partition coefficient (Wildman–Crippen LogP) is 2.80. The molecule has 0 radical (unpaired) electrons. The summed E-state index contributed by atoms with van der Waals surface area (Å²) in [5.41, 5.74) is 5.52. The molecule has 1 aromatic carbocycles. The van der Waals surface area contributed by atoms with E-state index in [1.54, 1.807) is 11.8 Å². The molecule has 0 saturated heterocycles. The Hall–Kier alpha value is -1.59. The molecule has 19 heavy (non-hydrogen) atoms. The van der Waals surface area contributed by atoms with Crippen molar-refractivity contribution in [1.82, 2.24) is 0 Å². The second-order valence-electron chi connectivity index (χ2n) is 4.17. The molecule has 0 amide bonds. The molecule has 4 nitrogen and oxygen atoms in total. The molecule has 0 saturated carbocycles. The number of furan rings is 1.